The van der Waals surface area contributed by atoms with Crippen LogP contribution < -0.4 is 5.32 Å². The number of hydrogen-bond acceptors (Lipinski definition) is 4. The molecule has 2 rings (SSSR count). The molecule has 0 spiro atoms. The van der Waals surface area contributed by atoms with Crippen LogP contribution >= 0.6 is 11.8 Å². The van der Waals surface area contributed by atoms with Crippen LogP contribution in [0.3, 0.4) is 0 Å². The summed E-state index contributed by atoms with van der Waals surface area (Å²) in [5.74, 6) is -2.10. The quantitative estimate of drug-likeness (QED) is 0.431. The molecule has 1 N–H and O–H groups in total. The predicted molar refractivity (Wildman–Crippen MR) is 96.3 cm³/mol. The van der Waals surface area contributed by atoms with Crippen LogP contribution in [0.25, 0.3) is 0 Å². The van der Waals surface area contributed by atoms with E-state index in [0.717, 1.165) is 23.9 Å². The lowest BCUT2D eigenvalue weighted by Crippen LogP contribution is -2.25. The highest BCUT2D eigenvalue weighted by atomic mass is 32.2. The highest BCUT2D eigenvalue weighted by molar-refractivity contribution is 8.00. The Morgan fingerprint density at radius 3 is 2.50 bits per heavy atom. The molecule has 0 aliphatic carbocycles. The summed E-state index contributed by atoms with van der Waals surface area (Å²) in [6.45, 7) is 1.18. The number of halogens is 4. The van der Waals surface area contributed by atoms with Gasteiger partial charge in [-0.2, -0.15) is 13.2 Å². The molecule has 150 valence electrons. The number of rotatable bonds is 6. The molecule has 0 aromatic heterocycles. The lowest BCUT2D eigenvalue weighted by Gasteiger charge is -2.15. The van der Waals surface area contributed by atoms with Crippen LogP contribution in [-0.2, 0) is 22.3 Å². The van der Waals surface area contributed by atoms with Gasteiger partial charge in [-0.3, -0.25) is 9.59 Å². The zero-order chi connectivity index (χ0) is 20.9. The van der Waals surface area contributed by atoms with E-state index in [-0.39, 0.29) is 11.1 Å². The Hall–Kier alpha value is -2.55. The summed E-state index contributed by atoms with van der Waals surface area (Å²) in [6.07, 6.45) is -4.74. The van der Waals surface area contributed by atoms with E-state index in [4.69, 9.17) is 0 Å². The molecular weight excluding hydrogens is 398 g/mol. The van der Waals surface area contributed by atoms with Gasteiger partial charge in [0.05, 0.1) is 18.2 Å². The van der Waals surface area contributed by atoms with Crippen molar-refractivity contribution in [3.63, 3.8) is 0 Å². The summed E-state index contributed by atoms with van der Waals surface area (Å²) in [5.41, 5.74) is -1.19. The lowest BCUT2D eigenvalue weighted by atomic mass is 10.1. The van der Waals surface area contributed by atoms with E-state index >= 15 is 0 Å². The van der Waals surface area contributed by atoms with Crippen molar-refractivity contribution in [3.05, 3.63) is 65.0 Å². The van der Waals surface area contributed by atoms with Crippen LogP contribution in [0.5, 0.6) is 0 Å². The monoisotopic (exact) mass is 415 g/mol. The van der Waals surface area contributed by atoms with Gasteiger partial charge in [0.25, 0.3) is 5.91 Å². The number of ether oxygens (including phenoxy) is 1. The molecule has 1 unspecified atom stereocenters. The van der Waals surface area contributed by atoms with E-state index in [1.54, 1.807) is 25.1 Å². The van der Waals surface area contributed by atoms with Gasteiger partial charge in [0.2, 0.25) is 0 Å². The van der Waals surface area contributed by atoms with Gasteiger partial charge in [0.15, 0.2) is 0 Å². The minimum atomic E-state index is -4.74. The molecule has 0 saturated heterocycles. The standard InChI is InChI=1S/C19H17F4NO3S/c1-11(18(26)27-2)28-16-6-4-3-5-14(16)17(25)24-10-12-7-8-13(20)9-15(12)19(21,22)23/h3-9,11H,10H2,1-2H3,(H,24,25). The van der Waals surface area contributed by atoms with Crippen LogP contribution in [0, 0.1) is 5.82 Å². The third-order valence-corrected chi connectivity index (χ3v) is 4.94. The number of nitrogens with one attached hydrogen (secondary N) is 1. The highest BCUT2D eigenvalue weighted by Gasteiger charge is 2.33. The first kappa shape index (κ1) is 21.7. The first-order valence-electron chi connectivity index (χ1n) is 8.10. The Morgan fingerprint density at radius 2 is 1.86 bits per heavy atom. The summed E-state index contributed by atoms with van der Waals surface area (Å²) >= 11 is 1.10. The van der Waals surface area contributed by atoms with Crippen molar-refractivity contribution in [1.29, 1.82) is 0 Å². The van der Waals surface area contributed by atoms with Gasteiger partial charge < -0.3 is 10.1 Å². The molecule has 1 amide bonds. The SMILES string of the molecule is COC(=O)C(C)Sc1ccccc1C(=O)NCc1ccc(F)cc1C(F)(F)F. The number of esters is 1. The van der Waals surface area contributed by atoms with Crippen LogP contribution in [0.1, 0.15) is 28.4 Å². The molecule has 0 aliphatic heterocycles. The maximum absolute atomic E-state index is 13.2. The average Bonchev–Trinajstić information content (AvgIpc) is 2.65. The molecule has 4 nitrogen and oxygen atoms in total. The summed E-state index contributed by atoms with van der Waals surface area (Å²) in [7, 11) is 1.25. The van der Waals surface area contributed by atoms with Crippen LogP contribution in [0.2, 0.25) is 0 Å². The highest BCUT2D eigenvalue weighted by Crippen LogP contribution is 2.33. The van der Waals surface area contributed by atoms with Crippen LogP contribution in [0.4, 0.5) is 17.6 Å². The number of amides is 1. The minimum Gasteiger partial charge on any atom is -0.468 e. The molecule has 28 heavy (non-hydrogen) atoms. The summed E-state index contributed by atoms with van der Waals surface area (Å²) in [5, 5.41) is 1.84. The van der Waals surface area contributed by atoms with E-state index in [2.05, 4.69) is 10.1 Å². The molecule has 0 bridgehead atoms. The Bertz CT molecular complexity index is 870. The van der Waals surface area contributed by atoms with E-state index < -0.39 is 41.2 Å². The molecule has 9 heteroatoms. The van der Waals surface area contributed by atoms with Gasteiger partial charge in [0.1, 0.15) is 11.1 Å². The predicted octanol–water partition coefficient (Wildman–Crippen LogP) is 4.43. The normalized spacial score (nSPS) is 12.4. The van der Waals surface area contributed by atoms with E-state index in [1.165, 1.54) is 13.2 Å². The molecule has 2 aromatic carbocycles. The van der Waals surface area contributed by atoms with Gasteiger partial charge in [-0.05, 0) is 36.8 Å². The van der Waals surface area contributed by atoms with Gasteiger partial charge in [0, 0.05) is 11.4 Å². The fourth-order valence-corrected chi connectivity index (χ4v) is 3.42. The third kappa shape index (κ3) is 5.48. The number of thioether (sulfide) groups is 1. The number of alkyl halides is 3. The molecule has 0 heterocycles. The molecule has 0 saturated carbocycles. The Balaban J connectivity index is 2.18. The average molecular weight is 415 g/mol. The van der Waals surface area contributed by atoms with Gasteiger partial charge in [-0.15, -0.1) is 11.8 Å². The maximum atomic E-state index is 13.2. The summed E-state index contributed by atoms with van der Waals surface area (Å²) in [4.78, 5) is 24.6. The molecular formula is C19H17F4NO3S. The Morgan fingerprint density at radius 1 is 1.18 bits per heavy atom. The van der Waals surface area contributed by atoms with Gasteiger partial charge >= 0.3 is 12.1 Å². The number of methoxy groups -OCH3 is 1. The number of carbonyl (C=O) groups is 2. The minimum absolute atomic E-state index is 0.207. The smallest absolute Gasteiger partial charge is 0.416 e. The van der Waals surface area contributed by atoms with Crippen molar-refractivity contribution >= 4 is 23.6 Å². The van der Waals surface area contributed by atoms with Crippen molar-refractivity contribution in [2.24, 2.45) is 0 Å². The van der Waals surface area contributed by atoms with Gasteiger partial charge in [-0.25, -0.2) is 4.39 Å². The largest absolute Gasteiger partial charge is 0.468 e. The van der Waals surface area contributed by atoms with Crippen LogP contribution in [-0.4, -0.2) is 24.2 Å². The second kappa shape index (κ2) is 9.09. The summed E-state index contributed by atoms with van der Waals surface area (Å²) in [6, 6.07) is 8.67. The Labute approximate surface area is 163 Å². The number of hydrogen-bond donors (Lipinski definition) is 1. The third-order valence-electron chi connectivity index (χ3n) is 3.79. The molecule has 0 radical (unpaired) electrons. The zero-order valence-corrected chi connectivity index (χ0v) is 15.8. The van der Waals surface area contributed by atoms with Crippen molar-refractivity contribution in [1.82, 2.24) is 5.32 Å². The summed E-state index contributed by atoms with van der Waals surface area (Å²) < 4.78 is 57.0. The second-order valence-corrected chi connectivity index (χ2v) is 7.14. The second-order valence-electron chi connectivity index (χ2n) is 5.76. The number of benzene rings is 2. The van der Waals surface area contributed by atoms with Crippen molar-refractivity contribution in [2.45, 2.75) is 29.8 Å². The zero-order valence-electron chi connectivity index (χ0n) is 15.0. The fourth-order valence-electron chi connectivity index (χ4n) is 2.40. The van der Waals surface area contributed by atoms with E-state index in [9.17, 15) is 27.2 Å². The van der Waals surface area contributed by atoms with Gasteiger partial charge in [-0.1, -0.05) is 18.2 Å². The van der Waals surface area contributed by atoms with Crippen molar-refractivity contribution in [3.8, 4) is 0 Å². The lowest BCUT2D eigenvalue weighted by molar-refractivity contribution is -0.140. The number of carbonyl (C=O) groups excluding carboxylic acids is 2. The Kier molecular flexibility index (Phi) is 7.06. The first-order valence-corrected chi connectivity index (χ1v) is 8.98. The molecule has 0 aliphatic rings. The van der Waals surface area contributed by atoms with Crippen molar-refractivity contribution in [2.75, 3.05) is 7.11 Å². The fraction of sp³-hybridized carbons (Fsp3) is 0.263. The van der Waals surface area contributed by atoms with Crippen LogP contribution in [0.15, 0.2) is 47.4 Å². The van der Waals surface area contributed by atoms with E-state index in [1.807, 2.05) is 0 Å². The van der Waals surface area contributed by atoms with E-state index in [0.29, 0.717) is 11.0 Å². The topological polar surface area (TPSA) is 55.4 Å². The molecule has 0 fully saturated rings. The molecule has 2 aromatic rings. The van der Waals surface area contributed by atoms with Crippen molar-refractivity contribution < 1.29 is 31.9 Å². The molecule has 1 atom stereocenters. The first-order chi connectivity index (χ1) is 13.1. The maximum Gasteiger partial charge on any atom is 0.416 e.